The van der Waals surface area contributed by atoms with Crippen LogP contribution in [-0.2, 0) is 19.6 Å². The van der Waals surface area contributed by atoms with Crippen LogP contribution in [0, 0.1) is 0 Å². The second-order valence-corrected chi connectivity index (χ2v) is 11.3. The second-order valence-electron chi connectivity index (χ2n) is 11.3. The summed E-state index contributed by atoms with van der Waals surface area (Å²) in [5, 5.41) is 6.64. The molecule has 3 aromatic carbocycles. The Morgan fingerprint density at radius 3 is 2.42 bits per heavy atom. The number of rotatable bonds is 9. The van der Waals surface area contributed by atoms with Gasteiger partial charge in [-0.25, -0.2) is 0 Å². The molecule has 2 saturated heterocycles. The molecule has 0 unspecified atom stereocenters. The van der Waals surface area contributed by atoms with E-state index in [4.69, 9.17) is 4.74 Å². The number of hydrogen-bond donors (Lipinski definition) is 2. The predicted octanol–water partition coefficient (Wildman–Crippen LogP) is 3.83. The molecular weight excluding hydrogens is 498 g/mol. The van der Waals surface area contributed by atoms with Crippen molar-refractivity contribution in [2.45, 2.75) is 32.6 Å². The third kappa shape index (κ3) is 7.49. The molecular formula is C33H43N5O2. The van der Waals surface area contributed by atoms with E-state index in [0.717, 1.165) is 81.3 Å². The van der Waals surface area contributed by atoms with Crippen molar-refractivity contribution in [2.24, 2.45) is 0 Å². The van der Waals surface area contributed by atoms with Crippen LogP contribution >= 0.6 is 0 Å². The van der Waals surface area contributed by atoms with E-state index < -0.39 is 0 Å². The fourth-order valence-electron chi connectivity index (χ4n) is 5.70. The van der Waals surface area contributed by atoms with Crippen molar-refractivity contribution in [3.63, 3.8) is 0 Å². The molecule has 0 spiro atoms. The lowest BCUT2D eigenvalue weighted by atomic mass is 9.99. The smallest absolute Gasteiger partial charge is 0.251 e. The van der Waals surface area contributed by atoms with E-state index in [1.165, 1.54) is 11.1 Å². The molecule has 1 amide bonds. The molecule has 1 atom stereocenters. The highest BCUT2D eigenvalue weighted by molar-refractivity contribution is 5.94. The van der Waals surface area contributed by atoms with Gasteiger partial charge >= 0.3 is 0 Å². The Morgan fingerprint density at radius 2 is 1.65 bits per heavy atom. The van der Waals surface area contributed by atoms with Gasteiger partial charge in [0, 0.05) is 82.6 Å². The molecule has 2 heterocycles. The molecule has 7 heteroatoms. The Balaban J connectivity index is 1.24. The SMILES string of the molecule is COc1ccc(CNC(=O)c2cccc(CN3CCN(C)CC3)c2)cc1-c1cccc(CN2CCN[C@@H](C)C2)c1. The zero-order valence-corrected chi connectivity index (χ0v) is 24.2. The van der Waals surface area contributed by atoms with Crippen molar-refractivity contribution in [2.75, 3.05) is 60.0 Å². The molecule has 40 heavy (non-hydrogen) atoms. The molecule has 0 bridgehead atoms. The van der Waals surface area contributed by atoms with E-state index in [2.05, 4.69) is 75.7 Å². The lowest BCUT2D eigenvalue weighted by molar-refractivity contribution is 0.0950. The van der Waals surface area contributed by atoms with E-state index >= 15 is 0 Å². The number of piperazine rings is 2. The highest BCUT2D eigenvalue weighted by atomic mass is 16.5. The third-order valence-electron chi connectivity index (χ3n) is 8.01. The van der Waals surface area contributed by atoms with Crippen LogP contribution < -0.4 is 15.4 Å². The lowest BCUT2D eigenvalue weighted by Crippen LogP contribution is -2.48. The van der Waals surface area contributed by atoms with Crippen molar-refractivity contribution in [1.29, 1.82) is 0 Å². The van der Waals surface area contributed by atoms with E-state index in [1.54, 1.807) is 7.11 Å². The van der Waals surface area contributed by atoms with Crippen LogP contribution in [0.15, 0.2) is 66.7 Å². The van der Waals surface area contributed by atoms with Crippen LogP contribution in [-0.4, -0.2) is 86.6 Å². The molecule has 5 rings (SSSR count). The minimum Gasteiger partial charge on any atom is -0.496 e. The average Bonchev–Trinajstić information content (AvgIpc) is 2.97. The zero-order valence-electron chi connectivity index (χ0n) is 24.2. The molecule has 0 aromatic heterocycles. The Bertz CT molecular complexity index is 1290. The average molecular weight is 542 g/mol. The highest BCUT2D eigenvalue weighted by Crippen LogP contribution is 2.32. The van der Waals surface area contributed by atoms with Crippen LogP contribution in [0.5, 0.6) is 5.75 Å². The lowest BCUT2D eigenvalue weighted by Gasteiger charge is -2.32. The Morgan fingerprint density at radius 1 is 0.900 bits per heavy atom. The minimum absolute atomic E-state index is 0.0511. The summed E-state index contributed by atoms with van der Waals surface area (Å²) in [6.07, 6.45) is 0. The molecule has 2 aliphatic rings. The van der Waals surface area contributed by atoms with Crippen LogP contribution in [0.2, 0.25) is 0 Å². The summed E-state index contributed by atoms with van der Waals surface area (Å²) >= 11 is 0. The number of benzene rings is 3. The number of hydrogen-bond acceptors (Lipinski definition) is 6. The van der Waals surface area contributed by atoms with E-state index in [-0.39, 0.29) is 5.91 Å². The molecule has 2 N–H and O–H groups in total. The normalized spacial score (nSPS) is 18.9. The number of nitrogens with one attached hydrogen (secondary N) is 2. The van der Waals surface area contributed by atoms with Crippen molar-refractivity contribution in [1.82, 2.24) is 25.3 Å². The van der Waals surface area contributed by atoms with Gasteiger partial charge in [0.2, 0.25) is 0 Å². The summed E-state index contributed by atoms with van der Waals surface area (Å²) in [5.74, 6) is 0.782. The van der Waals surface area contributed by atoms with Gasteiger partial charge in [0.05, 0.1) is 7.11 Å². The standard InChI is InChI=1S/C33H43N5O2/c1-25-22-38(13-12-34-25)24-27-6-4-8-29(18-27)31-20-26(10-11-32(31)40-3)21-35-33(39)30-9-5-7-28(19-30)23-37-16-14-36(2)15-17-37/h4-11,18-20,25,34H,12-17,21-24H2,1-3H3,(H,35,39)/t25-/m0/s1. The van der Waals surface area contributed by atoms with Gasteiger partial charge in [-0.3, -0.25) is 14.6 Å². The van der Waals surface area contributed by atoms with Crippen molar-refractivity contribution in [3.05, 3.63) is 89.0 Å². The molecule has 0 saturated carbocycles. The molecule has 7 nitrogen and oxygen atoms in total. The van der Waals surface area contributed by atoms with Gasteiger partial charge in [0.1, 0.15) is 5.75 Å². The topological polar surface area (TPSA) is 60.1 Å². The highest BCUT2D eigenvalue weighted by Gasteiger charge is 2.17. The number of likely N-dealkylation sites (N-methyl/N-ethyl adjacent to an activating group) is 1. The van der Waals surface area contributed by atoms with Gasteiger partial charge in [0.15, 0.2) is 0 Å². The first-order valence-corrected chi connectivity index (χ1v) is 14.5. The largest absolute Gasteiger partial charge is 0.496 e. The summed E-state index contributed by atoms with van der Waals surface area (Å²) in [4.78, 5) is 20.4. The van der Waals surface area contributed by atoms with Gasteiger partial charge in [-0.2, -0.15) is 0 Å². The van der Waals surface area contributed by atoms with Crippen molar-refractivity contribution < 1.29 is 9.53 Å². The molecule has 2 fully saturated rings. The molecule has 2 aliphatic heterocycles. The number of carbonyl (C=O) groups excluding carboxylic acids is 1. The predicted molar refractivity (Wildman–Crippen MR) is 162 cm³/mol. The van der Waals surface area contributed by atoms with Gasteiger partial charge in [-0.05, 0) is 66.6 Å². The van der Waals surface area contributed by atoms with Crippen LogP contribution in [0.1, 0.15) is 34.0 Å². The second kappa shape index (κ2) is 13.4. The summed E-state index contributed by atoms with van der Waals surface area (Å²) in [7, 11) is 3.88. The Hall–Kier alpha value is -3.23. The van der Waals surface area contributed by atoms with Gasteiger partial charge in [-0.1, -0.05) is 36.4 Å². The summed E-state index contributed by atoms with van der Waals surface area (Å²) in [6, 6.07) is 23.4. The fourth-order valence-corrected chi connectivity index (χ4v) is 5.70. The van der Waals surface area contributed by atoms with Crippen LogP contribution in [0.4, 0.5) is 0 Å². The zero-order chi connectivity index (χ0) is 27.9. The third-order valence-corrected chi connectivity index (χ3v) is 8.01. The molecule has 0 radical (unpaired) electrons. The quantitative estimate of drug-likeness (QED) is 0.430. The van der Waals surface area contributed by atoms with Gasteiger partial charge in [0.25, 0.3) is 5.91 Å². The summed E-state index contributed by atoms with van der Waals surface area (Å²) in [6.45, 7) is 12.0. The fraction of sp³-hybridized carbons (Fsp3) is 0.424. The minimum atomic E-state index is -0.0511. The van der Waals surface area contributed by atoms with Gasteiger partial charge < -0.3 is 20.3 Å². The Kier molecular flexibility index (Phi) is 9.49. The van der Waals surface area contributed by atoms with Crippen LogP contribution in [0.25, 0.3) is 11.1 Å². The van der Waals surface area contributed by atoms with E-state index in [0.29, 0.717) is 18.2 Å². The summed E-state index contributed by atoms with van der Waals surface area (Å²) < 4.78 is 5.72. The maximum Gasteiger partial charge on any atom is 0.251 e. The van der Waals surface area contributed by atoms with Gasteiger partial charge in [-0.15, -0.1) is 0 Å². The Labute approximate surface area is 239 Å². The number of ether oxygens (including phenoxy) is 1. The summed E-state index contributed by atoms with van der Waals surface area (Å²) in [5.41, 5.74) is 6.39. The molecule has 3 aromatic rings. The number of methoxy groups -OCH3 is 1. The molecule has 0 aliphatic carbocycles. The van der Waals surface area contributed by atoms with Crippen LogP contribution in [0.3, 0.4) is 0 Å². The maximum absolute atomic E-state index is 13.1. The number of carbonyl (C=O) groups is 1. The maximum atomic E-state index is 13.1. The molecule has 212 valence electrons. The van der Waals surface area contributed by atoms with E-state index in [9.17, 15) is 4.79 Å². The van der Waals surface area contributed by atoms with Crippen molar-refractivity contribution >= 4 is 5.91 Å². The monoisotopic (exact) mass is 541 g/mol. The first kappa shape index (κ1) is 28.3. The van der Waals surface area contributed by atoms with E-state index in [1.807, 2.05) is 30.3 Å². The van der Waals surface area contributed by atoms with Crippen molar-refractivity contribution in [3.8, 4) is 16.9 Å². The number of amides is 1. The first-order valence-electron chi connectivity index (χ1n) is 14.5. The number of nitrogens with zero attached hydrogens (tertiary/aromatic N) is 3. The first-order chi connectivity index (χ1) is 19.5.